The molecule has 3 fully saturated rings. The zero-order valence-corrected chi connectivity index (χ0v) is 23.6. The van der Waals surface area contributed by atoms with E-state index < -0.39 is 74.3 Å². The second kappa shape index (κ2) is 11.1. The number of fused-ring (bicyclic) bond motifs is 2. The molecule has 0 aromatic heterocycles. The van der Waals surface area contributed by atoms with Crippen molar-refractivity contribution in [1.29, 1.82) is 0 Å². The molecule has 4 amide bonds. The zero-order chi connectivity index (χ0) is 28.6. The molecule has 2 heterocycles. The number of aliphatic hydroxyl groups is 1. The number of carbonyl (C=O) groups is 4. The molecule has 218 valence electrons. The smallest absolute Gasteiger partial charge is 0.408 e. The van der Waals surface area contributed by atoms with E-state index in [1.54, 1.807) is 20.8 Å². The quantitative estimate of drug-likeness (QED) is 0.362. The lowest BCUT2D eigenvalue weighted by Gasteiger charge is -2.30. The number of allylic oxidation sites excluding steroid dienone is 1. The molecule has 0 radical (unpaired) electrons. The Balaban J connectivity index is 1.57. The summed E-state index contributed by atoms with van der Waals surface area (Å²) in [5, 5.41) is 15.2. The van der Waals surface area contributed by atoms with Gasteiger partial charge in [0.2, 0.25) is 21.8 Å². The summed E-state index contributed by atoms with van der Waals surface area (Å²) in [4.78, 5) is 54.1. The highest BCUT2D eigenvalue weighted by Gasteiger charge is 2.62. The minimum atomic E-state index is -3.83. The Hall–Kier alpha value is -2.67. The molecule has 0 aromatic carbocycles. The van der Waals surface area contributed by atoms with E-state index in [0.29, 0.717) is 32.1 Å². The van der Waals surface area contributed by atoms with Gasteiger partial charge in [-0.25, -0.2) is 13.2 Å². The fourth-order valence-corrected chi connectivity index (χ4v) is 6.59. The SMILES string of the molecule is CC(C)(C)OC(=O)N[C@@H]1CCCCCC=C[C@@H]2C[C@@]2(C(=O)NS(=O)(=O)C2CC2)NC(=O)[C@@H]2C[C@@H](O)CN2C1=O. The molecule has 0 aromatic rings. The number of nitrogens with one attached hydrogen (secondary N) is 3. The van der Waals surface area contributed by atoms with Gasteiger partial charge in [-0.1, -0.05) is 25.0 Å². The average molecular weight is 569 g/mol. The zero-order valence-electron chi connectivity index (χ0n) is 22.8. The first-order chi connectivity index (χ1) is 18.2. The highest BCUT2D eigenvalue weighted by Crippen LogP contribution is 2.46. The molecule has 0 spiro atoms. The Bertz CT molecular complexity index is 1130. The van der Waals surface area contributed by atoms with E-state index in [-0.39, 0.29) is 19.4 Å². The van der Waals surface area contributed by atoms with Crippen LogP contribution in [0, 0.1) is 5.92 Å². The van der Waals surface area contributed by atoms with E-state index in [9.17, 15) is 32.7 Å². The van der Waals surface area contributed by atoms with Crippen molar-refractivity contribution < 1.29 is 37.4 Å². The van der Waals surface area contributed by atoms with Crippen LogP contribution in [0.2, 0.25) is 0 Å². The van der Waals surface area contributed by atoms with E-state index in [1.165, 1.54) is 4.90 Å². The standard InChI is InChI=1S/C26H40N4O8S/c1-25(2,3)38-24(35)27-19-10-8-6-4-5-7-9-16-14-26(16,23(34)29-39(36,37)18-11-12-18)28-21(32)20-13-17(31)15-30(20)22(19)33/h7,9,16-20,31H,4-6,8,10-15H2,1-3H3,(H,27,35)(H,28,32)(H,29,34)/t16-,17-,19-,20+,26-/m1/s1. The summed E-state index contributed by atoms with van der Waals surface area (Å²) in [7, 11) is -3.83. The maximum Gasteiger partial charge on any atom is 0.408 e. The average Bonchev–Trinajstić information content (AvgIpc) is 3.73. The molecule has 2 saturated carbocycles. The van der Waals surface area contributed by atoms with Gasteiger partial charge in [-0.3, -0.25) is 19.1 Å². The lowest BCUT2D eigenvalue weighted by molar-refractivity contribution is -0.141. The van der Waals surface area contributed by atoms with Crippen LogP contribution < -0.4 is 15.4 Å². The van der Waals surface area contributed by atoms with Gasteiger partial charge in [0.25, 0.3) is 5.91 Å². The normalized spacial score (nSPS) is 32.2. The molecule has 0 bridgehead atoms. The van der Waals surface area contributed by atoms with Crippen LogP contribution in [0.15, 0.2) is 12.2 Å². The second-order valence-electron chi connectivity index (χ2n) is 12.1. The molecule has 12 nitrogen and oxygen atoms in total. The van der Waals surface area contributed by atoms with E-state index in [4.69, 9.17) is 4.74 Å². The van der Waals surface area contributed by atoms with Crippen molar-refractivity contribution in [2.24, 2.45) is 5.92 Å². The van der Waals surface area contributed by atoms with Gasteiger partial charge in [0, 0.05) is 18.9 Å². The van der Waals surface area contributed by atoms with Crippen LogP contribution in [0.25, 0.3) is 0 Å². The van der Waals surface area contributed by atoms with Crippen molar-refractivity contribution in [3.05, 3.63) is 12.2 Å². The van der Waals surface area contributed by atoms with Crippen LogP contribution in [0.3, 0.4) is 0 Å². The predicted octanol–water partition coefficient (Wildman–Crippen LogP) is 0.845. The molecule has 4 rings (SSSR count). The molecule has 2 aliphatic carbocycles. The molecule has 0 unspecified atom stereocenters. The fourth-order valence-electron chi connectivity index (χ4n) is 5.23. The Morgan fingerprint density at radius 1 is 1.15 bits per heavy atom. The minimum Gasteiger partial charge on any atom is -0.444 e. The Morgan fingerprint density at radius 3 is 2.54 bits per heavy atom. The molecule has 1 saturated heterocycles. The molecule has 39 heavy (non-hydrogen) atoms. The summed E-state index contributed by atoms with van der Waals surface area (Å²) in [5.41, 5.74) is -2.22. The lowest BCUT2D eigenvalue weighted by Crippen LogP contribution is -2.58. The summed E-state index contributed by atoms with van der Waals surface area (Å²) in [6, 6.07) is -2.05. The maximum atomic E-state index is 13.6. The minimum absolute atomic E-state index is 0.0463. The highest BCUT2D eigenvalue weighted by molar-refractivity contribution is 7.91. The summed E-state index contributed by atoms with van der Waals surface area (Å²) in [6.45, 7) is 5.02. The third-order valence-corrected chi connectivity index (χ3v) is 9.37. The number of sulfonamides is 1. The predicted molar refractivity (Wildman–Crippen MR) is 141 cm³/mol. The van der Waals surface area contributed by atoms with Crippen molar-refractivity contribution in [3.8, 4) is 0 Å². The molecule has 13 heteroatoms. The van der Waals surface area contributed by atoms with Crippen molar-refractivity contribution >= 4 is 33.8 Å². The summed E-state index contributed by atoms with van der Waals surface area (Å²) in [5.74, 6) is -2.35. The van der Waals surface area contributed by atoms with Crippen LogP contribution >= 0.6 is 0 Å². The number of amides is 4. The topological polar surface area (TPSA) is 171 Å². The van der Waals surface area contributed by atoms with Crippen molar-refractivity contribution in [3.63, 3.8) is 0 Å². The number of nitrogens with zero attached hydrogens (tertiary/aromatic N) is 1. The number of carbonyl (C=O) groups excluding carboxylic acids is 4. The number of rotatable bonds is 4. The van der Waals surface area contributed by atoms with Gasteiger partial charge in [0.1, 0.15) is 23.2 Å². The number of hydrogen-bond donors (Lipinski definition) is 4. The van der Waals surface area contributed by atoms with Gasteiger partial charge in [-0.2, -0.15) is 0 Å². The molecular weight excluding hydrogens is 528 g/mol. The first-order valence-corrected chi connectivity index (χ1v) is 15.3. The van der Waals surface area contributed by atoms with Crippen LogP contribution in [0.4, 0.5) is 4.79 Å². The second-order valence-corrected chi connectivity index (χ2v) is 14.1. The van der Waals surface area contributed by atoms with Gasteiger partial charge in [-0.15, -0.1) is 0 Å². The van der Waals surface area contributed by atoms with Crippen molar-refractivity contribution in [1.82, 2.24) is 20.3 Å². The number of hydrogen-bond acceptors (Lipinski definition) is 8. The van der Waals surface area contributed by atoms with Gasteiger partial charge in [0.05, 0.1) is 11.4 Å². The van der Waals surface area contributed by atoms with Gasteiger partial charge in [-0.05, 0) is 59.3 Å². The molecule has 5 atom stereocenters. The van der Waals surface area contributed by atoms with Gasteiger partial charge in [0.15, 0.2) is 0 Å². The number of alkyl carbamates (subject to hydrolysis) is 1. The fraction of sp³-hybridized carbons (Fsp3) is 0.769. The summed E-state index contributed by atoms with van der Waals surface area (Å²) >= 11 is 0. The Kier molecular flexibility index (Phi) is 8.32. The van der Waals surface area contributed by atoms with Gasteiger partial charge < -0.3 is 25.4 Å². The largest absolute Gasteiger partial charge is 0.444 e. The van der Waals surface area contributed by atoms with Crippen molar-refractivity contribution in [2.75, 3.05) is 6.54 Å². The maximum absolute atomic E-state index is 13.6. The van der Waals surface area contributed by atoms with E-state index in [2.05, 4.69) is 15.4 Å². The monoisotopic (exact) mass is 568 g/mol. The summed E-state index contributed by atoms with van der Waals surface area (Å²) in [6.07, 6.45) is 6.46. The van der Waals surface area contributed by atoms with Gasteiger partial charge >= 0.3 is 6.09 Å². The first kappa shape index (κ1) is 29.3. The molecule has 2 aliphatic heterocycles. The lowest BCUT2D eigenvalue weighted by atomic mass is 10.0. The van der Waals surface area contributed by atoms with Crippen LogP contribution in [0.5, 0.6) is 0 Å². The molecule has 4 aliphatic rings. The van der Waals surface area contributed by atoms with Crippen LogP contribution in [0.1, 0.15) is 78.6 Å². The molecular formula is C26H40N4O8S. The number of ether oxygens (including phenoxy) is 1. The van der Waals surface area contributed by atoms with E-state index in [0.717, 1.165) is 12.8 Å². The Morgan fingerprint density at radius 2 is 1.87 bits per heavy atom. The number of aliphatic hydroxyl groups excluding tert-OH is 1. The van der Waals surface area contributed by atoms with E-state index >= 15 is 0 Å². The molecule has 4 N–H and O–H groups in total. The van der Waals surface area contributed by atoms with Crippen LogP contribution in [-0.4, -0.2) is 83.4 Å². The highest BCUT2D eigenvalue weighted by atomic mass is 32.2. The summed E-state index contributed by atoms with van der Waals surface area (Å²) < 4.78 is 32.4. The third kappa shape index (κ3) is 7.10. The van der Waals surface area contributed by atoms with Crippen molar-refractivity contribution in [2.45, 2.75) is 113 Å². The first-order valence-electron chi connectivity index (χ1n) is 13.7. The third-order valence-electron chi connectivity index (χ3n) is 7.55. The van der Waals surface area contributed by atoms with Crippen LogP contribution in [-0.2, 0) is 29.1 Å². The Labute approximate surface area is 229 Å². The van der Waals surface area contributed by atoms with E-state index in [1.807, 2.05) is 12.2 Å².